The molecule has 0 aliphatic heterocycles. The second kappa shape index (κ2) is 14.0. The van der Waals surface area contributed by atoms with E-state index in [9.17, 15) is 0 Å². The van der Waals surface area contributed by atoms with Crippen molar-refractivity contribution in [1.29, 1.82) is 0 Å². The SMILES string of the molecule is CCNCCCCCCCCCCC(C)CC. The smallest absolute Gasteiger partial charge is 0.00490 e. The summed E-state index contributed by atoms with van der Waals surface area (Å²) in [5.41, 5.74) is 0. The molecule has 0 rings (SSSR count). The Kier molecular flexibility index (Phi) is 14.0. The highest BCUT2D eigenvalue weighted by molar-refractivity contribution is 4.52. The Labute approximate surface area is 110 Å². The normalized spacial score (nSPS) is 12.9. The van der Waals surface area contributed by atoms with Gasteiger partial charge in [-0.15, -0.1) is 0 Å². The predicted molar refractivity (Wildman–Crippen MR) is 79.6 cm³/mol. The van der Waals surface area contributed by atoms with E-state index in [2.05, 4.69) is 26.1 Å². The van der Waals surface area contributed by atoms with Crippen molar-refractivity contribution < 1.29 is 0 Å². The predicted octanol–water partition coefficient (Wildman–Crippen LogP) is 5.15. The summed E-state index contributed by atoms with van der Waals surface area (Å²) in [5.74, 6) is 0.945. The fourth-order valence-corrected chi connectivity index (χ4v) is 2.18. The number of hydrogen-bond donors (Lipinski definition) is 1. The molecule has 104 valence electrons. The van der Waals surface area contributed by atoms with Crippen LogP contribution in [-0.4, -0.2) is 13.1 Å². The minimum absolute atomic E-state index is 0.945. The van der Waals surface area contributed by atoms with Gasteiger partial charge in [-0.25, -0.2) is 0 Å². The average molecular weight is 241 g/mol. The lowest BCUT2D eigenvalue weighted by molar-refractivity contribution is 0.469. The largest absolute Gasteiger partial charge is 0.317 e. The fraction of sp³-hybridized carbons (Fsp3) is 1.00. The lowest BCUT2D eigenvalue weighted by Gasteiger charge is -2.07. The van der Waals surface area contributed by atoms with Crippen molar-refractivity contribution in [3.05, 3.63) is 0 Å². The van der Waals surface area contributed by atoms with E-state index in [0.717, 1.165) is 12.5 Å². The Morgan fingerprint density at radius 2 is 1.29 bits per heavy atom. The van der Waals surface area contributed by atoms with Crippen molar-refractivity contribution in [2.45, 2.75) is 85.0 Å². The molecule has 1 unspecified atom stereocenters. The van der Waals surface area contributed by atoms with Crippen LogP contribution in [0.1, 0.15) is 85.0 Å². The van der Waals surface area contributed by atoms with Crippen LogP contribution >= 0.6 is 0 Å². The van der Waals surface area contributed by atoms with Crippen LogP contribution < -0.4 is 5.32 Å². The molecule has 1 heteroatoms. The third kappa shape index (κ3) is 13.9. The molecule has 0 aromatic rings. The summed E-state index contributed by atoms with van der Waals surface area (Å²) in [6, 6.07) is 0. The van der Waals surface area contributed by atoms with Crippen molar-refractivity contribution in [3.8, 4) is 0 Å². The minimum atomic E-state index is 0.945. The van der Waals surface area contributed by atoms with E-state index in [0.29, 0.717) is 0 Å². The van der Waals surface area contributed by atoms with Crippen LogP contribution in [0, 0.1) is 5.92 Å². The summed E-state index contributed by atoms with van der Waals surface area (Å²) in [7, 11) is 0. The van der Waals surface area contributed by atoms with Gasteiger partial charge in [0.2, 0.25) is 0 Å². The summed E-state index contributed by atoms with van der Waals surface area (Å²) >= 11 is 0. The van der Waals surface area contributed by atoms with Crippen molar-refractivity contribution in [2.24, 2.45) is 5.92 Å². The third-order valence-electron chi connectivity index (χ3n) is 3.75. The Hall–Kier alpha value is -0.0400. The Morgan fingerprint density at radius 3 is 1.82 bits per heavy atom. The molecule has 0 amide bonds. The van der Waals surface area contributed by atoms with Gasteiger partial charge < -0.3 is 5.32 Å². The maximum absolute atomic E-state index is 3.38. The van der Waals surface area contributed by atoms with Crippen LogP contribution in [0.25, 0.3) is 0 Å². The van der Waals surface area contributed by atoms with Crippen molar-refractivity contribution in [2.75, 3.05) is 13.1 Å². The summed E-state index contributed by atoms with van der Waals surface area (Å²) in [4.78, 5) is 0. The number of rotatable bonds is 13. The summed E-state index contributed by atoms with van der Waals surface area (Å²) in [6.07, 6.45) is 14.3. The van der Waals surface area contributed by atoms with Crippen LogP contribution in [0.15, 0.2) is 0 Å². The van der Waals surface area contributed by atoms with Gasteiger partial charge in [0.25, 0.3) is 0 Å². The van der Waals surface area contributed by atoms with Gasteiger partial charge >= 0.3 is 0 Å². The van der Waals surface area contributed by atoms with E-state index >= 15 is 0 Å². The van der Waals surface area contributed by atoms with Crippen LogP contribution in [0.4, 0.5) is 0 Å². The zero-order valence-electron chi connectivity index (χ0n) is 12.6. The first kappa shape index (κ1) is 17.0. The van der Waals surface area contributed by atoms with Gasteiger partial charge in [-0.2, -0.15) is 0 Å². The van der Waals surface area contributed by atoms with Gasteiger partial charge in [-0.1, -0.05) is 78.6 Å². The molecule has 0 saturated carbocycles. The molecule has 1 atom stereocenters. The fourth-order valence-electron chi connectivity index (χ4n) is 2.18. The average Bonchev–Trinajstić information content (AvgIpc) is 2.35. The lowest BCUT2D eigenvalue weighted by Crippen LogP contribution is -2.13. The summed E-state index contributed by atoms with van der Waals surface area (Å²) < 4.78 is 0. The van der Waals surface area contributed by atoms with Gasteiger partial charge in [0.15, 0.2) is 0 Å². The minimum Gasteiger partial charge on any atom is -0.317 e. The van der Waals surface area contributed by atoms with Crippen LogP contribution in [-0.2, 0) is 0 Å². The van der Waals surface area contributed by atoms with Gasteiger partial charge in [0, 0.05) is 0 Å². The quantitative estimate of drug-likeness (QED) is 0.440. The second-order valence-electron chi connectivity index (χ2n) is 5.48. The number of nitrogens with one attached hydrogen (secondary N) is 1. The van der Waals surface area contributed by atoms with Gasteiger partial charge in [0.05, 0.1) is 0 Å². The summed E-state index contributed by atoms with van der Waals surface area (Å²) in [6.45, 7) is 9.20. The van der Waals surface area contributed by atoms with E-state index in [4.69, 9.17) is 0 Å². The molecule has 0 bridgehead atoms. The molecular formula is C16H35N. The molecule has 0 spiro atoms. The molecule has 0 aliphatic carbocycles. The molecule has 0 aromatic heterocycles. The van der Waals surface area contributed by atoms with Gasteiger partial charge in [0.1, 0.15) is 0 Å². The highest BCUT2D eigenvalue weighted by Crippen LogP contribution is 2.14. The molecule has 0 aliphatic rings. The van der Waals surface area contributed by atoms with Crippen LogP contribution in [0.2, 0.25) is 0 Å². The number of hydrogen-bond acceptors (Lipinski definition) is 1. The topological polar surface area (TPSA) is 12.0 Å². The molecule has 0 radical (unpaired) electrons. The highest BCUT2D eigenvalue weighted by Gasteiger charge is 1.98. The molecule has 0 saturated heterocycles. The van der Waals surface area contributed by atoms with E-state index in [1.54, 1.807) is 0 Å². The van der Waals surface area contributed by atoms with E-state index in [1.165, 1.54) is 70.8 Å². The molecule has 1 N–H and O–H groups in total. The molecular weight excluding hydrogens is 206 g/mol. The Balaban J connectivity index is 2.94. The lowest BCUT2D eigenvalue weighted by atomic mass is 10.00. The molecule has 0 aromatic carbocycles. The monoisotopic (exact) mass is 241 g/mol. The molecule has 17 heavy (non-hydrogen) atoms. The van der Waals surface area contributed by atoms with Crippen molar-refractivity contribution >= 4 is 0 Å². The van der Waals surface area contributed by atoms with Gasteiger partial charge in [-0.05, 0) is 25.4 Å². The van der Waals surface area contributed by atoms with Gasteiger partial charge in [-0.3, -0.25) is 0 Å². The zero-order chi connectivity index (χ0) is 12.8. The molecule has 0 heterocycles. The third-order valence-corrected chi connectivity index (χ3v) is 3.75. The second-order valence-corrected chi connectivity index (χ2v) is 5.48. The van der Waals surface area contributed by atoms with Crippen molar-refractivity contribution in [1.82, 2.24) is 5.32 Å². The Bertz CT molecular complexity index is 133. The van der Waals surface area contributed by atoms with E-state index in [-0.39, 0.29) is 0 Å². The van der Waals surface area contributed by atoms with E-state index < -0.39 is 0 Å². The highest BCUT2D eigenvalue weighted by atomic mass is 14.8. The number of unbranched alkanes of at least 4 members (excludes halogenated alkanes) is 7. The Morgan fingerprint density at radius 1 is 0.765 bits per heavy atom. The molecule has 0 fully saturated rings. The van der Waals surface area contributed by atoms with Crippen molar-refractivity contribution in [3.63, 3.8) is 0 Å². The maximum Gasteiger partial charge on any atom is -0.00490 e. The standard InChI is InChI=1S/C16H35N/c1-4-16(3)14-12-10-8-6-7-9-11-13-15-17-5-2/h16-17H,4-15H2,1-3H3. The van der Waals surface area contributed by atoms with Crippen LogP contribution in [0.5, 0.6) is 0 Å². The zero-order valence-corrected chi connectivity index (χ0v) is 12.6. The van der Waals surface area contributed by atoms with E-state index in [1.807, 2.05) is 0 Å². The maximum atomic E-state index is 3.38. The summed E-state index contributed by atoms with van der Waals surface area (Å²) in [5, 5.41) is 3.38. The molecule has 1 nitrogen and oxygen atoms in total. The van der Waals surface area contributed by atoms with Crippen LogP contribution in [0.3, 0.4) is 0 Å². The first-order valence-corrected chi connectivity index (χ1v) is 8.02. The first-order valence-electron chi connectivity index (χ1n) is 8.02. The first-order chi connectivity index (χ1) is 8.31.